The molecule has 0 radical (unpaired) electrons. The topological polar surface area (TPSA) is 21.4 Å². The molecule has 0 amide bonds. The zero-order chi connectivity index (χ0) is 22.6. The molecule has 0 N–H and O–H groups in total. The van der Waals surface area contributed by atoms with Crippen molar-refractivity contribution in [2.75, 3.05) is 0 Å². The summed E-state index contributed by atoms with van der Waals surface area (Å²) in [4.78, 5) is 0. The minimum atomic E-state index is 0.923. The third-order valence-electron chi connectivity index (χ3n) is 7.50. The van der Waals surface area contributed by atoms with Gasteiger partial charge in [-0.1, -0.05) is 54.6 Å². The van der Waals surface area contributed by atoms with Crippen LogP contribution in [0.4, 0.5) is 0 Å². The lowest BCUT2D eigenvalue weighted by atomic mass is 9.98. The van der Waals surface area contributed by atoms with Gasteiger partial charge < -0.3 is 4.42 Å². The first kappa shape index (κ1) is 18.1. The second kappa shape index (κ2) is 6.15. The van der Waals surface area contributed by atoms with Gasteiger partial charge in [-0.25, -0.2) is 4.57 Å². The highest BCUT2D eigenvalue weighted by atomic mass is 16.3. The lowest BCUT2D eigenvalue weighted by Gasteiger charge is -2.07. The maximum atomic E-state index is 6.49. The summed E-state index contributed by atoms with van der Waals surface area (Å²) in [5, 5.41) is 11.1. The second-order valence-electron chi connectivity index (χ2n) is 9.42. The molecule has 34 heavy (non-hydrogen) atoms. The Balaban J connectivity index is 1.58. The predicted molar refractivity (Wildman–Crippen MR) is 141 cm³/mol. The van der Waals surface area contributed by atoms with E-state index in [1.54, 1.807) is 0 Å². The molecule has 0 aliphatic heterocycles. The van der Waals surface area contributed by atoms with Gasteiger partial charge >= 0.3 is 0 Å². The van der Waals surface area contributed by atoms with Crippen LogP contribution in [0.1, 0.15) is 5.56 Å². The molecular weight excluding hydrogens is 416 g/mol. The average molecular weight is 438 g/mol. The Morgan fingerprint density at radius 1 is 0.676 bits per heavy atom. The van der Waals surface area contributed by atoms with Gasteiger partial charge in [-0.3, -0.25) is 0 Å². The summed E-state index contributed by atoms with van der Waals surface area (Å²) in [6.45, 7) is 2.20. The number of aromatic nitrogens is 2. The van der Waals surface area contributed by atoms with E-state index in [2.05, 4.69) is 114 Å². The summed E-state index contributed by atoms with van der Waals surface area (Å²) in [5.41, 5.74) is 5.51. The van der Waals surface area contributed by atoms with E-state index < -0.39 is 0 Å². The first-order valence-corrected chi connectivity index (χ1v) is 11.7. The van der Waals surface area contributed by atoms with Crippen molar-refractivity contribution in [1.82, 2.24) is 4.40 Å². The number of aryl methyl sites for hydroxylation is 2. The predicted octanol–water partition coefficient (Wildman–Crippen LogP) is 7.58. The highest BCUT2D eigenvalue weighted by Gasteiger charge is 2.21. The highest BCUT2D eigenvalue weighted by Crippen LogP contribution is 2.39. The molecule has 3 heteroatoms. The summed E-state index contributed by atoms with van der Waals surface area (Å²) in [6.07, 6.45) is 4.28. The largest absolute Gasteiger partial charge is 0.456 e. The van der Waals surface area contributed by atoms with Crippen LogP contribution >= 0.6 is 0 Å². The van der Waals surface area contributed by atoms with Crippen molar-refractivity contribution < 1.29 is 8.98 Å². The van der Waals surface area contributed by atoms with E-state index in [1.165, 1.54) is 54.3 Å². The number of hydrogen-bond acceptors (Lipinski definition) is 1. The fraction of sp³-hybridized carbons (Fsp3) is 0.0645. The number of benzene rings is 5. The Morgan fingerprint density at radius 2 is 1.47 bits per heavy atom. The van der Waals surface area contributed by atoms with Crippen LogP contribution in [0.2, 0.25) is 0 Å². The van der Waals surface area contributed by atoms with Crippen LogP contribution < -0.4 is 4.57 Å². The molecule has 0 saturated carbocycles. The van der Waals surface area contributed by atoms with Gasteiger partial charge in [-0.2, -0.15) is 4.40 Å². The van der Waals surface area contributed by atoms with E-state index in [-0.39, 0.29) is 0 Å². The molecule has 0 saturated heterocycles. The minimum Gasteiger partial charge on any atom is -0.456 e. The van der Waals surface area contributed by atoms with E-state index in [0.717, 1.165) is 22.1 Å². The van der Waals surface area contributed by atoms with Crippen molar-refractivity contribution in [2.24, 2.45) is 7.05 Å². The number of hydrogen-bond donors (Lipinski definition) is 0. The molecule has 8 rings (SSSR count). The van der Waals surface area contributed by atoms with Gasteiger partial charge in [0.25, 0.3) is 5.65 Å². The molecule has 0 atom stereocenters. The number of rotatable bonds is 0. The number of fused-ring (bicyclic) bond motifs is 12. The van der Waals surface area contributed by atoms with Gasteiger partial charge in [0.1, 0.15) is 29.1 Å². The lowest BCUT2D eigenvalue weighted by molar-refractivity contribution is -0.643. The van der Waals surface area contributed by atoms with E-state index in [9.17, 15) is 0 Å². The third-order valence-corrected chi connectivity index (χ3v) is 7.50. The van der Waals surface area contributed by atoms with E-state index in [0.29, 0.717) is 0 Å². The van der Waals surface area contributed by atoms with Crippen molar-refractivity contribution in [3.8, 4) is 0 Å². The molecule has 5 aromatic carbocycles. The molecule has 160 valence electrons. The minimum absolute atomic E-state index is 0.923. The van der Waals surface area contributed by atoms with Crippen LogP contribution in [-0.2, 0) is 7.05 Å². The summed E-state index contributed by atoms with van der Waals surface area (Å²) in [7, 11) is 2.11. The molecule has 3 aromatic heterocycles. The maximum absolute atomic E-state index is 6.49. The van der Waals surface area contributed by atoms with Gasteiger partial charge in [0.2, 0.25) is 0 Å². The molecule has 0 unspecified atom stereocenters. The Labute approximate surface area is 195 Å². The quantitative estimate of drug-likeness (QED) is 0.177. The Bertz CT molecular complexity index is 2140. The average Bonchev–Trinajstić information content (AvgIpc) is 3.41. The number of furan rings is 1. The van der Waals surface area contributed by atoms with Crippen molar-refractivity contribution in [3.63, 3.8) is 0 Å². The molecule has 0 aliphatic carbocycles. The third kappa shape index (κ3) is 2.19. The number of imidazole rings is 1. The monoisotopic (exact) mass is 437 g/mol. The fourth-order valence-corrected chi connectivity index (χ4v) is 5.89. The number of nitrogens with zero attached hydrogens (tertiary/aromatic N) is 2. The molecule has 0 spiro atoms. The van der Waals surface area contributed by atoms with Crippen LogP contribution in [0.15, 0.2) is 95.7 Å². The zero-order valence-electron chi connectivity index (χ0n) is 19.0. The summed E-state index contributed by atoms with van der Waals surface area (Å²) in [5.74, 6) is 0. The van der Waals surface area contributed by atoms with Gasteiger partial charge in [0, 0.05) is 27.6 Å². The van der Waals surface area contributed by atoms with E-state index >= 15 is 0 Å². The highest BCUT2D eigenvalue weighted by molar-refractivity contribution is 6.20. The van der Waals surface area contributed by atoms with Crippen molar-refractivity contribution in [2.45, 2.75) is 6.92 Å². The van der Waals surface area contributed by atoms with Gasteiger partial charge in [-0.15, -0.1) is 0 Å². The zero-order valence-corrected chi connectivity index (χ0v) is 19.0. The molecule has 0 fully saturated rings. The molecule has 8 aromatic rings. The van der Waals surface area contributed by atoms with Crippen molar-refractivity contribution in [3.05, 3.63) is 96.8 Å². The smallest absolute Gasteiger partial charge is 0.294 e. The lowest BCUT2D eigenvalue weighted by Crippen LogP contribution is -2.26. The molecule has 0 bridgehead atoms. The van der Waals surface area contributed by atoms with Crippen LogP contribution in [0.25, 0.3) is 70.8 Å². The van der Waals surface area contributed by atoms with E-state index in [1.807, 2.05) is 0 Å². The molecule has 0 aliphatic rings. The molecular formula is C31H21N2O+. The van der Waals surface area contributed by atoms with Crippen LogP contribution in [-0.4, -0.2) is 4.40 Å². The first-order valence-electron chi connectivity index (χ1n) is 11.7. The van der Waals surface area contributed by atoms with Crippen LogP contribution in [0, 0.1) is 6.92 Å². The standard InChI is InChI=1S/C31H21N2O/c1-18-6-5-9-22-24-15-26-25-14-20-11-10-19-7-3-4-8-21(19)23(20)16-28(25)34-29(26)17-27(24)33-13-12-32(2)31(33)30(18)22/h3-17H,1-2H3/q+1. The Morgan fingerprint density at radius 3 is 2.41 bits per heavy atom. The Kier molecular flexibility index (Phi) is 3.27. The van der Waals surface area contributed by atoms with Crippen molar-refractivity contribution in [1.29, 1.82) is 0 Å². The molecule has 3 nitrogen and oxygen atoms in total. The van der Waals surface area contributed by atoms with Gasteiger partial charge in [-0.05, 0) is 52.2 Å². The second-order valence-corrected chi connectivity index (χ2v) is 9.42. The number of pyridine rings is 1. The SMILES string of the molecule is Cc1cccc2c3cc4c(cc3n3cc[n+](C)c3c12)oc1cc2c(ccc3ccccc32)cc14. The maximum Gasteiger partial charge on any atom is 0.294 e. The van der Waals surface area contributed by atoms with Gasteiger partial charge in [0.15, 0.2) is 0 Å². The first-order chi connectivity index (χ1) is 16.7. The summed E-state index contributed by atoms with van der Waals surface area (Å²) in [6, 6.07) is 28.6. The van der Waals surface area contributed by atoms with Crippen molar-refractivity contribution >= 4 is 70.8 Å². The van der Waals surface area contributed by atoms with E-state index in [4.69, 9.17) is 4.42 Å². The Hall–Kier alpha value is -4.37. The van der Waals surface area contributed by atoms with Crippen LogP contribution in [0.3, 0.4) is 0 Å². The van der Waals surface area contributed by atoms with Gasteiger partial charge in [0.05, 0.1) is 12.4 Å². The molecule has 3 heterocycles. The van der Waals surface area contributed by atoms with Crippen LogP contribution in [0.5, 0.6) is 0 Å². The summed E-state index contributed by atoms with van der Waals surface area (Å²) >= 11 is 0. The summed E-state index contributed by atoms with van der Waals surface area (Å²) < 4.78 is 11.0. The normalized spacial score (nSPS) is 12.4. The fourth-order valence-electron chi connectivity index (χ4n) is 5.89.